The van der Waals surface area contributed by atoms with Crippen molar-refractivity contribution in [2.75, 3.05) is 0 Å². The monoisotopic (exact) mass is 176 g/mol. The number of hydrogen-bond donors (Lipinski definition) is 0. The molecule has 2 saturated carbocycles. The van der Waals surface area contributed by atoms with Gasteiger partial charge in [-0.3, -0.25) is 0 Å². The summed E-state index contributed by atoms with van der Waals surface area (Å²) in [5.41, 5.74) is 0. The van der Waals surface area contributed by atoms with E-state index in [1.54, 1.807) is 6.42 Å². The SMILES string of the molecule is C1=CC2CC1CC2CC1CCCC1. The Labute approximate surface area is 81.4 Å². The van der Waals surface area contributed by atoms with Gasteiger partial charge in [0.05, 0.1) is 0 Å². The summed E-state index contributed by atoms with van der Waals surface area (Å²) < 4.78 is 0. The van der Waals surface area contributed by atoms with Crippen LogP contribution in [-0.2, 0) is 0 Å². The van der Waals surface area contributed by atoms with Crippen molar-refractivity contribution in [3.05, 3.63) is 12.2 Å². The molecule has 0 amide bonds. The van der Waals surface area contributed by atoms with Crippen molar-refractivity contribution in [3.8, 4) is 0 Å². The first kappa shape index (κ1) is 8.08. The zero-order valence-electron chi connectivity index (χ0n) is 8.41. The quantitative estimate of drug-likeness (QED) is 0.562. The van der Waals surface area contributed by atoms with Crippen LogP contribution in [0.4, 0.5) is 0 Å². The van der Waals surface area contributed by atoms with Gasteiger partial charge in [0.2, 0.25) is 0 Å². The molecular formula is C13H20. The lowest BCUT2D eigenvalue weighted by Gasteiger charge is -2.21. The van der Waals surface area contributed by atoms with Gasteiger partial charge in [-0.15, -0.1) is 0 Å². The summed E-state index contributed by atoms with van der Waals surface area (Å²) in [5, 5.41) is 0. The minimum atomic E-state index is 0.983. The molecule has 0 N–H and O–H groups in total. The third-order valence-electron chi connectivity index (χ3n) is 4.53. The van der Waals surface area contributed by atoms with E-state index in [2.05, 4.69) is 12.2 Å². The summed E-state index contributed by atoms with van der Waals surface area (Å²) in [6.45, 7) is 0. The van der Waals surface area contributed by atoms with Crippen LogP contribution < -0.4 is 0 Å². The Morgan fingerprint density at radius 2 is 1.85 bits per heavy atom. The molecule has 0 radical (unpaired) electrons. The van der Waals surface area contributed by atoms with Gasteiger partial charge < -0.3 is 0 Å². The van der Waals surface area contributed by atoms with Crippen LogP contribution >= 0.6 is 0 Å². The van der Waals surface area contributed by atoms with Crippen LogP contribution in [0.5, 0.6) is 0 Å². The Kier molecular flexibility index (Phi) is 1.96. The van der Waals surface area contributed by atoms with Gasteiger partial charge in [0.15, 0.2) is 0 Å². The minimum Gasteiger partial charge on any atom is -0.0851 e. The van der Waals surface area contributed by atoms with Crippen molar-refractivity contribution in [3.63, 3.8) is 0 Å². The Morgan fingerprint density at radius 3 is 2.46 bits per heavy atom. The van der Waals surface area contributed by atoms with Crippen LogP contribution in [0, 0.1) is 23.7 Å². The lowest BCUT2D eigenvalue weighted by Crippen LogP contribution is -2.11. The normalized spacial score (nSPS) is 43.5. The lowest BCUT2D eigenvalue weighted by atomic mass is 9.84. The highest BCUT2D eigenvalue weighted by atomic mass is 14.4. The van der Waals surface area contributed by atoms with Gasteiger partial charge in [0.1, 0.15) is 0 Å². The molecule has 0 spiro atoms. The molecule has 0 saturated heterocycles. The largest absolute Gasteiger partial charge is 0.0851 e. The summed E-state index contributed by atoms with van der Waals surface area (Å²) >= 11 is 0. The first-order valence-electron chi connectivity index (χ1n) is 6.10. The average molecular weight is 176 g/mol. The summed E-state index contributed by atoms with van der Waals surface area (Å²) in [6, 6.07) is 0. The molecule has 3 aliphatic rings. The number of allylic oxidation sites excluding steroid dienone is 2. The molecule has 2 bridgehead atoms. The predicted octanol–water partition coefficient (Wildman–Crippen LogP) is 3.78. The fraction of sp³-hybridized carbons (Fsp3) is 0.846. The van der Waals surface area contributed by atoms with E-state index >= 15 is 0 Å². The first-order valence-corrected chi connectivity index (χ1v) is 6.10. The van der Waals surface area contributed by atoms with Gasteiger partial charge in [-0.05, 0) is 42.9 Å². The number of rotatable bonds is 2. The summed E-state index contributed by atoms with van der Waals surface area (Å²) in [4.78, 5) is 0. The zero-order chi connectivity index (χ0) is 8.67. The predicted molar refractivity (Wildman–Crippen MR) is 55.4 cm³/mol. The molecule has 0 heterocycles. The maximum Gasteiger partial charge on any atom is -0.0199 e. The molecule has 0 heteroatoms. The van der Waals surface area contributed by atoms with E-state index in [1.165, 1.54) is 38.5 Å². The van der Waals surface area contributed by atoms with Gasteiger partial charge in [-0.1, -0.05) is 37.8 Å². The third kappa shape index (κ3) is 1.45. The minimum absolute atomic E-state index is 0.983. The highest BCUT2D eigenvalue weighted by Crippen LogP contribution is 2.47. The third-order valence-corrected chi connectivity index (χ3v) is 4.53. The molecule has 3 aliphatic carbocycles. The van der Waals surface area contributed by atoms with Crippen LogP contribution in [-0.4, -0.2) is 0 Å². The molecule has 3 rings (SSSR count). The first-order chi connectivity index (χ1) is 6.42. The highest BCUT2D eigenvalue weighted by molar-refractivity contribution is 5.10. The lowest BCUT2D eigenvalue weighted by molar-refractivity contribution is 0.334. The molecule has 0 aromatic rings. The maximum absolute atomic E-state index is 2.51. The summed E-state index contributed by atoms with van der Waals surface area (Å²) in [6.07, 6.45) is 15.7. The highest BCUT2D eigenvalue weighted by Gasteiger charge is 2.36. The average Bonchev–Trinajstić information content (AvgIpc) is 2.77. The molecule has 0 nitrogen and oxygen atoms in total. The van der Waals surface area contributed by atoms with E-state index in [0.29, 0.717) is 0 Å². The van der Waals surface area contributed by atoms with E-state index in [9.17, 15) is 0 Å². The van der Waals surface area contributed by atoms with Crippen molar-refractivity contribution in [1.29, 1.82) is 0 Å². The Morgan fingerprint density at radius 1 is 1.00 bits per heavy atom. The van der Waals surface area contributed by atoms with E-state index in [1.807, 2.05) is 0 Å². The number of fused-ring (bicyclic) bond motifs is 2. The Balaban J connectivity index is 1.58. The molecule has 72 valence electrons. The van der Waals surface area contributed by atoms with Gasteiger partial charge in [-0.2, -0.15) is 0 Å². The van der Waals surface area contributed by atoms with Crippen molar-refractivity contribution >= 4 is 0 Å². The fourth-order valence-electron chi connectivity index (χ4n) is 3.84. The second-order valence-corrected chi connectivity index (χ2v) is 5.43. The van der Waals surface area contributed by atoms with Crippen LogP contribution in [0.2, 0.25) is 0 Å². The molecule has 2 fully saturated rings. The van der Waals surface area contributed by atoms with Crippen molar-refractivity contribution in [2.24, 2.45) is 23.7 Å². The molecule has 0 aliphatic heterocycles. The standard InChI is InChI=1S/C13H20/c1-2-4-10(3-1)7-13-9-11-5-6-12(13)8-11/h5-6,10-13H,1-4,7-9H2. The zero-order valence-corrected chi connectivity index (χ0v) is 8.41. The van der Waals surface area contributed by atoms with Gasteiger partial charge in [0.25, 0.3) is 0 Å². The van der Waals surface area contributed by atoms with Crippen molar-refractivity contribution < 1.29 is 0 Å². The number of hydrogen-bond acceptors (Lipinski definition) is 0. The van der Waals surface area contributed by atoms with Gasteiger partial charge in [0, 0.05) is 0 Å². The van der Waals surface area contributed by atoms with Crippen LogP contribution in [0.15, 0.2) is 12.2 Å². The van der Waals surface area contributed by atoms with E-state index < -0.39 is 0 Å². The fourth-order valence-corrected chi connectivity index (χ4v) is 3.84. The van der Waals surface area contributed by atoms with Crippen LogP contribution in [0.25, 0.3) is 0 Å². The second kappa shape index (κ2) is 3.15. The van der Waals surface area contributed by atoms with Gasteiger partial charge >= 0.3 is 0 Å². The Hall–Kier alpha value is -0.260. The van der Waals surface area contributed by atoms with E-state index in [0.717, 1.165) is 23.7 Å². The smallest absolute Gasteiger partial charge is 0.0199 e. The second-order valence-electron chi connectivity index (χ2n) is 5.43. The van der Waals surface area contributed by atoms with E-state index in [-0.39, 0.29) is 0 Å². The topological polar surface area (TPSA) is 0 Å². The molecule has 0 aromatic heterocycles. The molecule has 13 heavy (non-hydrogen) atoms. The molecule has 0 aromatic carbocycles. The molecule has 3 atom stereocenters. The summed E-state index contributed by atoms with van der Waals surface area (Å²) in [5.74, 6) is 4.16. The van der Waals surface area contributed by atoms with Crippen LogP contribution in [0.3, 0.4) is 0 Å². The van der Waals surface area contributed by atoms with Crippen molar-refractivity contribution in [1.82, 2.24) is 0 Å². The summed E-state index contributed by atoms with van der Waals surface area (Å²) in [7, 11) is 0. The van der Waals surface area contributed by atoms with Gasteiger partial charge in [-0.25, -0.2) is 0 Å². The molecule has 3 unspecified atom stereocenters. The molecular weight excluding hydrogens is 156 g/mol. The Bertz CT molecular complexity index is 210. The van der Waals surface area contributed by atoms with Crippen LogP contribution in [0.1, 0.15) is 44.9 Å². The van der Waals surface area contributed by atoms with Crippen molar-refractivity contribution in [2.45, 2.75) is 44.9 Å². The van der Waals surface area contributed by atoms with E-state index in [4.69, 9.17) is 0 Å². The maximum atomic E-state index is 2.51.